The quantitative estimate of drug-likeness (QED) is 0.568. The lowest BCUT2D eigenvalue weighted by Crippen LogP contribution is -1.91. The van der Waals surface area contributed by atoms with E-state index in [1.54, 1.807) is 0 Å². The average molecular weight is 278 g/mol. The van der Waals surface area contributed by atoms with Crippen LogP contribution in [0.5, 0.6) is 0 Å². The third-order valence-electron chi connectivity index (χ3n) is 3.46. The van der Waals surface area contributed by atoms with Gasteiger partial charge in [-0.1, -0.05) is 35.5 Å². The van der Waals surface area contributed by atoms with E-state index in [9.17, 15) is 4.21 Å². The summed E-state index contributed by atoms with van der Waals surface area (Å²) < 4.78 is 11.7. The third kappa shape index (κ3) is 6.20. The summed E-state index contributed by atoms with van der Waals surface area (Å²) in [6.45, 7) is 8.01. The standard InChI is InChI=1S/C17H26OS/c1-4-5-10-15(2)11-8-6-7-9-12-17-16(3)13-14-19(17)18/h4,6-7,10H,1,5,8-9,11-14H2,2-3H3/b7-6+,15-10+. The Morgan fingerprint density at radius 2 is 2.11 bits per heavy atom. The van der Waals surface area contributed by atoms with E-state index in [1.165, 1.54) is 16.1 Å². The largest absolute Gasteiger partial charge is 0.255 e. The second-order valence-corrected chi connectivity index (χ2v) is 6.72. The number of hydrogen-bond donors (Lipinski definition) is 0. The van der Waals surface area contributed by atoms with Crippen molar-refractivity contribution in [1.82, 2.24) is 0 Å². The molecule has 1 nitrogen and oxygen atoms in total. The Kier molecular flexibility index (Phi) is 7.73. The molecule has 0 spiro atoms. The topological polar surface area (TPSA) is 17.1 Å². The summed E-state index contributed by atoms with van der Waals surface area (Å²) in [4.78, 5) is 1.20. The van der Waals surface area contributed by atoms with Crippen LogP contribution in [0.25, 0.3) is 0 Å². The van der Waals surface area contributed by atoms with Gasteiger partial charge in [-0.05, 0) is 52.4 Å². The van der Waals surface area contributed by atoms with E-state index in [-0.39, 0.29) is 0 Å². The molecule has 1 heterocycles. The van der Waals surface area contributed by atoms with Crippen molar-refractivity contribution in [1.29, 1.82) is 0 Å². The molecule has 1 aliphatic heterocycles. The Labute approximate surface area is 120 Å². The summed E-state index contributed by atoms with van der Waals surface area (Å²) in [6, 6.07) is 0. The van der Waals surface area contributed by atoms with E-state index in [2.05, 4.69) is 38.7 Å². The molecule has 0 radical (unpaired) electrons. The van der Waals surface area contributed by atoms with E-state index in [4.69, 9.17) is 0 Å². The highest BCUT2D eigenvalue weighted by Gasteiger charge is 2.17. The maximum atomic E-state index is 11.7. The lowest BCUT2D eigenvalue weighted by molar-refractivity contribution is 0.687. The van der Waals surface area contributed by atoms with E-state index in [1.807, 2.05) is 6.08 Å². The Bertz CT molecular complexity index is 413. The molecule has 0 aromatic carbocycles. The van der Waals surface area contributed by atoms with Crippen molar-refractivity contribution >= 4 is 10.8 Å². The molecule has 1 aliphatic rings. The Morgan fingerprint density at radius 3 is 2.74 bits per heavy atom. The summed E-state index contributed by atoms with van der Waals surface area (Å²) in [5.41, 5.74) is 2.79. The van der Waals surface area contributed by atoms with Gasteiger partial charge in [0.05, 0.1) is 0 Å². The molecule has 1 atom stereocenters. The van der Waals surface area contributed by atoms with E-state index >= 15 is 0 Å². The first kappa shape index (κ1) is 16.2. The van der Waals surface area contributed by atoms with Crippen LogP contribution in [0.3, 0.4) is 0 Å². The van der Waals surface area contributed by atoms with E-state index in [0.717, 1.165) is 44.3 Å². The third-order valence-corrected chi connectivity index (χ3v) is 5.13. The normalized spacial score (nSPS) is 20.5. The van der Waals surface area contributed by atoms with Gasteiger partial charge in [0.25, 0.3) is 0 Å². The zero-order chi connectivity index (χ0) is 14.1. The van der Waals surface area contributed by atoms with Crippen molar-refractivity contribution in [3.63, 3.8) is 0 Å². The Morgan fingerprint density at radius 1 is 1.37 bits per heavy atom. The monoisotopic (exact) mass is 278 g/mol. The first-order valence-corrected chi connectivity index (χ1v) is 8.45. The van der Waals surface area contributed by atoms with Crippen LogP contribution in [0.1, 0.15) is 52.4 Å². The van der Waals surface area contributed by atoms with Gasteiger partial charge in [0.2, 0.25) is 0 Å². The van der Waals surface area contributed by atoms with Crippen LogP contribution >= 0.6 is 0 Å². The van der Waals surface area contributed by atoms with Crippen LogP contribution in [-0.2, 0) is 10.8 Å². The molecule has 0 saturated carbocycles. The number of rotatable bonds is 8. The number of allylic oxidation sites excluding steroid dienone is 7. The van der Waals surface area contributed by atoms with Crippen molar-refractivity contribution in [3.8, 4) is 0 Å². The van der Waals surface area contributed by atoms with Gasteiger partial charge in [-0.15, -0.1) is 6.58 Å². The van der Waals surface area contributed by atoms with Crippen LogP contribution in [0.4, 0.5) is 0 Å². The molecule has 19 heavy (non-hydrogen) atoms. The van der Waals surface area contributed by atoms with Crippen LogP contribution in [0, 0.1) is 0 Å². The summed E-state index contributed by atoms with van der Waals surface area (Å²) in [5.74, 6) is 0.845. The molecule has 106 valence electrons. The highest BCUT2D eigenvalue weighted by molar-refractivity contribution is 7.89. The van der Waals surface area contributed by atoms with Crippen molar-refractivity contribution in [2.24, 2.45) is 0 Å². The zero-order valence-corrected chi connectivity index (χ0v) is 13.1. The summed E-state index contributed by atoms with van der Waals surface area (Å²) in [6.07, 6.45) is 14.9. The molecule has 0 aliphatic carbocycles. The van der Waals surface area contributed by atoms with Gasteiger partial charge in [0.1, 0.15) is 0 Å². The van der Waals surface area contributed by atoms with Gasteiger partial charge >= 0.3 is 0 Å². The van der Waals surface area contributed by atoms with Gasteiger partial charge in [-0.25, -0.2) is 0 Å². The van der Waals surface area contributed by atoms with Crippen molar-refractivity contribution < 1.29 is 4.21 Å². The van der Waals surface area contributed by atoms with Gasteiger partial charge in [-0.3, -0.25) is 4.21 Å². The van der Waals surface area contributed by atoms with Crippen molar-refractivity contribution in [2.45, 2.75) is 52.4 Å². The number of hydrogen-bond acceptors (Lipinski definition) is 1. The van der Waals surface area contributed by atoms with Crippen molar-refractivity contribution in [2.75, 3.05) is 5.75 Å². The van der Waals surface area contributed by atoms with Gasteiger partial charge < -0.3 is 0 Å². The Hall–Kier alpha value is -0.890. The highest BCUT2D eigenvalue weighted by atomic mass is 32.2. The molecular formula is C17H26OS. The summed E-state index contributed by atoms with van der Waals surface area (Å²) >= 11 is 0. The van der Waals surface area contributed by atoms with Crippen LogP contribution < -0.4 is 0 Å². The average Bonchev–Trinajstić information content (AvgIpc) is 2.71. The van der Waals surface area contributed by atoms with E-state index in [0.29, 0.717) is 0 Å². The Balaban J connectivity index is 2.19. The SMILES string of the molecule is C=CC/C=C(\C)CC/C=C/CCC1=C(C)CCS1=O. The minimum atomic E-state index is -0.682. The first-order chi connectivity index (χ1) is 9.15. The van der Waals surface area contributed by atoms with Gasteiger partial charge in [0, 0.05) is 21.5 Å². The molecule has 0 saturated heterocycles. The maximum Gasteiger partial charge on any atom is 0.0491 e. The summed E-state index contributed by atoms with van der Waals surface area (Å²) in [5, 5.41) is 0. The fourth-order valence-electron chi connectivity index (χ4n) is 2.18. The van der Waals surface area contributed by atoms with Crippen LogP contribution in [-0.4, -0.2) is 9.96 Å². The molecule has 1 unspecified atom stereocenters. The first-order valence-electron chi connectivity index (χ1n) is 7.13. The van der Waals surface area contributed by atoms with Gasteiger partial charge in [0.15, 0.2) is 0 Å². The second-order valence-electron chi connectivity index (χ2n) is 5.13. The maximum absolute atomic E-state index is 11.7. The molecule has 1 rings (SSSR count). The molecule has 0 N–H and O–H groups in total. The van der Waals surface area contributed by atoms with E-state index < -0.39 is 10.8 Å². The highest BCUT2D eigenvalue weighted by Crippen LogP contribution is 2.25. The minimum absolute atomic E-state index is 0.682. The molecule has 0 amide bonds. The second kappa shape index (κ2) is 9.08. The molecular weight excluding hydrogens is 252 g/mol. The predicted octanol–water partition coefficient (Wildman–Crippen LogP) is 5.05. The molecule has 0 aromatic rings. The van der Waals surface area contributed by atoms with Crippen LogP contribution in [0.2, 0.25) is 0 Å². The molecule has 0 aromatic heterocycles. The van der Waals surface area contributed by atoms with Gasteiger partial charge in [-0.2, -0.15) is 0 Å². The van der Waals surface area contributed by atoms with Crippen molar-refractivity contribution in [3.05, 3.63) is 46.9 Å². The molecule has 0 bridgehead atoms. The minimum Gasteiger partial charge on any atom is -0.255 e. The zero-order valence-electron chi connectivity index (χ0n) is 12.3. The molecule has 0 fully saturated rings. The predicted molar refractivity (Wildman–Crippen MR) is 86.5 cm³/mol. The van der Waals surface area contributed by atoms with Crippen LogP contribution in [0.15, 0.2) is 46.9 Å². The fraction of sp³-hybridized carbons (Fsp3) is 0.529. The fourth-order valence-corrected chi connectivity index (χ4v) is 3.75. The smallest absolute Gasteiger partial charge is 0.0491 e. The molecule has 2 heteroatoms. The lowest BCUT2D eigenvalue weighted by atomic mass is 10.1. The summed E-state index contributed by atoms with van der Waals surface area (Å²) in [7, 11) is -0.682. The lowest BCUT2D eigenvalue weighted by Gasteiger charge is -2.00.